The van der Waals surface area contributed by atoms with Crippen molar-refractivity contribution >= 4 is 17.9 Å². The minimum absolute atomic E-state index is 0.0387. The summed E-state index contributed by atoms with van der Waals surface area (Å²) in [6.45, 7) is 1.50. The topological polar surface area (TPSA) is 98.7 Å². The van der Waals surface area contributed by atoms with Gasteiger partial charge in [-0.1, -0.05) is 12.1 Å². The maximum Gasteiger partial charge on any atom is 0.335 e. The van der Waals surface area contributed by atoms with Gasteiger partial charge in [0, 0.05) is 19.6 Å². The van der Waals surface area contributed by atoms with Crippen molar-refractivity contribution in [2.75, 3.05) is 13.1 Å². The van der Waals surface area contributed by atoms with Crippen molar-refractivity contribution < 1.29 is 19.5 Å². The molecular weight excluding hydrogens is 298 g/mol. The number of hydrogen-bond acceptors (Lipinski definition) is 3. The summed E-state index contributed by atoms with van der Waals surface area (Å²) in [5.74, 6) is -1.03. The number of carboxylic acid groups (broad SMARTS) is 1. The Bertz CT molecular complexity index is 629. The summed E-state index contributed by atoms with van der Waals surface area (Å²) in [5, 5.41) is 14.5. The van der Waals surface area contributed by atoms with Crippen molar-refractivity contribution in [1.82, 2.24) is 15.5 Å². The molecule has 0 bridgehead atoms. The highest BCUT2D eigenvalue weighted by molar-refractivity contribution is 5.87. The van der Waals surface area contributed by atoms with Crippen LogP contribution in [-0.4, -0.2) is 47.0 Å². The van der Waals surface area contributed by atoms with Gasteiger partial charge in [-0.25, -0.2) is 9.59 Å². The van der Waals surface area contributed by atoms with Crippen LogP contribution < -0.4 is 10.6 Å². The number of nitrogens with zero attached hydrogens (tertiary/aromatic N) is 1. The van der Waals surface area contributed by atoms with E-state index in [1.807, 2.05) is 0 Å². The van der Waals surface area contributed by atoms with Crippen LogP contribution in [-0.2, 0) is 11.3 Å². The molecule has 2 fully saturated rings. The predicted octanol–water partition coefficient (Wildman–Crippen LogP) is 0.805. The molecule has 2 saturated heterocycles. The molecule has 3 N–H and O–H groups in total. The summed E-state index contributed by atoms with van der Waals surface area (Å²) in [7, 11) is 0. The lowest BCUT2D eigenvalue weighted by Crippen LogP contribution is -2.52. The number of amides is 3. The zero-order chi connectivity index (χ0) is 16.4. The van der Waals surface area contributed by atoms with Crippen LogP contribution in [0.5, 0.6) is 0 Å². The number of piperidine rings is 1. The molecular formula is C16H19N3O4. The standard InChI is InChI=1S/C16H19N3O4/c20-14-12-2-1-7-19(13(12)9-17-14)16(23)18-8-10-3-5-11(6-4-10)15(21)22/h3-6,12-13H,1-2,7-9H2,(H,17,20)(H,18,23)(H,21,22)/t12-,13-/m1/s1. The molecule has 7 nitrogen and oxygen atoms in total. The van der Waals surface area contributed by atoms with Crippen molar-refractivity contribution in [1.29, 1.82) is 0 Å². The number of aromatic carboxylic acids is 1. The molecule has 0 spiro atoms. The first-order chi connectivity index (χ1) is 11.1. The number of carbonyl (C=O) groups excluding carboxylic acids is 2. The fourth-order valence-corrected chi connectivity index (χ4v) is 3.25. The van der Waals surface area contributed by atoms with Crippen LogP contribution in [0, 0.1) is 5.92 Å². The third kappa shape index (κ3) is 3.13. The Morgan fingerprint density at radius 2 is 2.04 bits per heavy atom. The summed E-state index contributed by atoms with van der Waals surface area (Å²) in [5.41, 5.74) is 1.05. The number of carbonyl (C=O) groups is 3. The molecule has 0 aliphatic carbocycles. The van der Waals surface area contributed by atoms with E-state index in [2.05, 4.69) is 10.6 Å². The second-order valence-electron chi connectivity index (χ2n) is 5.92. The minimum atomic E-state index is -0.974. The summed E-state index contributed by atoms with van der Waals surface area (Å²) in [4.78, 5) is 36.6. The van der Waals surface area contributed by atoms with Gasteiger partial charge in [-0.2, -0.15) is 0 Å². The van der Waals surface area contributed by atoms with Gasteiger partial charge in [0.25, 0.3) is 0 Å². The molecule has 3 rings (SSSR count). The van der Waals surface area contributed by atoms with Gasteiger partial charge in [0.2, 0.25) is 5.91 Å². The number of fused-ring (bicyclic) bond motifs is 1. The maximum atomic E-state index is 12.4. The van der Waals surface area contributed by atoms with E-state index in [0.29, 0.717) is 19.6 Å². The van der Waals surface area contributed by atoms with Crippen LogP contribution in [0.2, 0.25) is 0 Å². The molecule has 2 heterocycles. The molecule has 0 radical (unpaired) electrons. The number of rotatable bonds is 3. The summed E-state index contributed by atoms with van der Waals surface area (Å²) in [6.07, 6.45) is 1.66. The van der Waals surface area contributed by atoms with Crippen LogP contribution in [0.1, 0.15) is 28.8 Å². The molecule has 0 aromatic heterocycles. The van der Waals surface area contributed by atoms with Gasteiger partial charge in [0.15, 0.2) is 0 Å². The molecule has 2 aliphatic heterocycles. The zero-order valence-corrected chi connectivity index (χ0v) is 12.6. The van der Waals surface area contributed by atoms with Crippen molar-refractivity contribution in [3.8, 4) is 0 Å². The molecule has 1 aromatic rings. The first kappa shape index (κ1) is 15.3. The SMILES string of the molecule is O=C(O)c1ccc(CNC(=O)N2CCC[C@H]3C(=O)NC[C@H]32)cc1. The molecule has 23 heavy (non-hydrogen) atoms. The second kappa shape index (κ2) is 6.28. The van der Waals surface area contributed by atoms with Gasteiger partial charge in [-0.3, -0.25) is 4.79 Å². The summed E-state index contributed by atoms with van der Waals surface area (Å²) in [6, 6.07) is 6.15. The van der Waals surface area contributed by atoms with E-state index in [0.717, 1.165) is 18.4 Å². The van der Waals surface area contributed by atoms with Crippen LogP contribution >= 0.6 is 0 Å². The number of benzene rings is 1. The number of likely N-dealkylation sites (tertiary alicyclic amines) is 1. The number of carboxylic acids is 1. The third-order valence-electron chi connectivity index (χ3n) is 4.51. The first-order valence-corrected chi connectivity index (χ1v) is 7.70. The highest BCUT2D eigenvalue weighted by Crippen LogP contribution is 2.27. The van der Waals surface area contributed by atoms with Crippen LogP contribution in [0.25, 0.3) is 0 Å². The van der Waals surface area contributed by atoms with Crippen molar-refractivity contribution in [3.05, 3.63) is 35.4 Å². The lowest BCUT2D eigenvalue weighted by molar-refractivity contribution is -0.123. The normalized spacial score (nSPS) is 23.1. The van der Waals surface area contributed by atoms with Crippen molar-refractivity contribution in [2.24, 2.45) is 5.92 Å². The molecule has 0 saturated carbocycles. The molecule has 2 aliphatic rings. The van der Waals surface area contributed by atoms with Gasteiger partial charge >= 0.3 is 12.0 Å². The Labute approximate surface area is 133 Å². The van der Waals surface area contributed by atoms with Crippen LogP contribution in [0.3, 0.4) is 0 Å². The summed E-state index contributed by atoms with van der Waals surface area (Å²) < 4.78 is 0. The third-order valence-corrected chi connectivity index (χ3v) is 4.51. The van der Waals surface area contributed by atoms with Gasteiger partial charge < -0.3 is 20.6 Å². The second-order valence-corrected chi connectivity index (χ2v) is 5.92. The molecule has 2 atom stereocenters. The molecule has 7 heteroatoms. The molecule has 1 aromatic carbocycles. The van der Waals surface area contributed by atoms with E-state index in [9.17, 15) is 14.4 Å². The lowest BCUT2D eigenvalue weighted by atomic mass is 9.92. The largest absolute Gasteiger partial charge is 0.478 e. The molecule has 122 valence electrons. The highest BCUT2D eigenvalue weighted by atomic mass is 16.4. The van der Waals surface area contributed by atoms with Gasteiger partial charge in [-0.05, 0) is 30.5 Å². The van der Waals surface area contributed by atoms with Crippen molar-refractivity contribution in [2.45, 2.75) is 25.4 Å². The van der Waals surface area contributed by atoms with Gasteiger partial charge in [0.1, 0.15) is 0 Å². The Hall–Kier alpha value is -2.57. The van der Waals surface area contributed by atoms with Gasteiger partial charge in [-0.15, -0.1) is 0 Å². The average Bonchev–Trinajstić information content (AvgIpc) is 2.94. The monoisotopic (exact) mass is 317 g/mol. The number of urea groups is 1. The van der Waals surface area contributed by atoms with E-state index in [1.165, 1.54) is 12.1 Å². The van der Waals surface area contributed by atoms with E-state index in [4.69, 9.17) is 5.11 Å². The fraction of sp³-hybridized carbons (Fsp3) is 0.438. The predicted molar refractivity (Wildman–Crippen MR) is 81.9 cm³/mol. The zero-order valence-electron chi connectivity index (χ0n) is 12.6. The minimum Gasteiger partial charge on any atom is -0.478 e. The first-order valence-electron chi connectivity index (χ1n) is 7.70. The quantitative estimate of drug-likeness (QED) is 0.768. The smallest absolute Gasteiger partial charge is 0.335 e. The van der Waals surface area contributed by atoms with E-state index >= 15 is 0 Å². The van der Waals surface area contributed by atoms with Crippen LogP contribution in [0.15, 0.2) is 24.3 Å². The van der Waals surface area contributed by atoms with E-state index < -0.39 is 5.97 Å². The Morgan fingerprint density at radius 1 is 1.30 bits per heavy atom. The van der Waals surface area contributed by atoms with E-state index in [1.54, 1.807) is 17.0 Å². The number of hydrogen-bond donors (Lipinski definition) is 3. The lowest BCUT2D eigenvalue weighted by Gasteiger charge is -2.35. The maximum absolute atomic E-state index is 12.4. The van der Waals surface area contributed by atoms with E-state index in [-0.39, 0.29) is 29.5 Å². The Balaban J connectivity index is 1.58. The van der Waals surface area contributed by atoms with Crippen molar-refractivity contribution in [3.63, 3.8) is 0 Å². The molecule has 3 amide bonds. The average molecular weight is 317 g/mol. The van der Waals surface area contributed by atoms with Gasteiger partial charge in [0.05, 0.1) is 17.5 Å². The Kier molecular flexibility index (Phi) is 4.18. The number of nitrogens with one attached hydrogen (secondary N) is 2. The summed E-state index contributed by atoms with van der Waals surface area (Å²) >= 11 is 0. The Morgan fingerprint density at radius 3 is 2.74 bits per heavy atom. The molecule has 0 unspecified atom stereocenters. The highest BCUT2D eigenvalue weighted by Gasteiger charge is 2.42. The van der Waals surface area contributed by atoms with Crippen LogP contribution in [0.4, 0.5) is 4.79 Å². The fourth-order valence-electron chi connectivity index (χ4n) is 3.25.